The lowest BCUT2D eigenvalue weighted by molar-refractivity contribution is 0.0399. The van der Waals surface area contributed by atoms with Gasteiger partial charge in [0.25, 0.3) is 23.6 Å². The second kappa shape index (κ2) is 8.85. The summed E-state index contributed by atoms with van der Waals surface area (Å²) >= 11 is 5.98. The monoisotopic (exact) mass is 473 g/mol. The van der Waals surface area contributed by atoms with Crippen LogP contribution < -0.4 is 0 Å². The normalized spacial score (nSPS) is 14.9. The first-order valence-corrected chi connectivity index (χ1v) is 11.2. The molecule has 2 heterocycles. The molecule has 0 saturated heterocycles. The molecule has 0 radical (unpaired) electrons. The van der Waals surface area contributed by atoms with E-state index in [4.69, 9.17) is 11.6 Å². The smallest absolute Gasteiger partial charge is 0.262 e. The predicted molar refractivity (Wildman–Crippen MR) is 125 cm³/mol. The number of carbonyl (C=O) groups is 4. The maximum atomic E-state index is 12.9. The number of hydrogen-bond donors (Lipinski definition) is 0. The number of amides is 4. The van der Waals surface area contributed by atoms with Crippen LogP contribution >= 0.6 is 11.6 Å². The number of hydrogen-bond acceptors (Lipinski definition) is 5. The van der Waals surface area contributed by atoms with Crippen LogP contribution in [-0.4, -0.2) is 58.2 Å². The van der Waals surface area contributed by atoms with Crippen LogP contribution in [0, 0.1) is 0 Å². The second-order valence-electron chi connectivity index (χ2n) is 8.22. The number of imide groups is 2. The standard InChI is InChI=1S/C26H20ClN3O4/c27-18-11-9-17(10-12-18)13-14-28(15-29-23(31)19-5-1-2-6-20(19)24(29)32)16-30-25(33)21-7-3-4-8-22(21)26(30)34/h1-12H,13-16H2. The molecule has 170 valence electrons. The molecule has 3 aromatic carbocycles. The highest BCUT2D eigenvalue weighted by atomic mass is 35.5. The van der Waals surface area contributed by atoms with Gasteiger partial charge in [0.1, 0.15) is 0 Å². The number of halogens is 1. The van der Waals surface area contributed by atoms with E-state index in [-0.39, 0.29) is 37.0 Å². The molecule has 3 aromatic rings. The van der Waals surface area contributed by atoms with E-state index in [1.54, 1.807) is 65.6 Å². The number of rotatable bonds is 7. The molecular formula is C26H20ClN3O4. The van der Waals surface area contributed by atoms with Gasteiger partial charge in [-0.1, -0.05) is 48.0 Å². The second-order valence-corrected chi connectivity index (χ2v) is 8.66. The van der Waals surface area contributed by atoms with Crippen molar-refractivity contribution in [1.29, 1.82) is 0 Å². The molecule has 34 heavy (non-hydrogen) atoms. The van der Waals surface area contributed by atoms with Crippen LogP contribution in [0.15, 0.2) is 72.8 Å². The van der Waals surface area contributed by atoms with Gasteiger partial charge >= 0.3 is 0 Å². The van der Waals surface area contributed by atoms with Crippen molar-refractivity contribution in [2.45, 2.75) is 6.42 Å². The maximum absolute atomic E-state index is 12.9. The Morgan fingerprint density at radius 1 is 0.588 bits per heavy atom. The lowest BCUT2D eigenvalue weighted by Crippen LogP contribution is -2.48. The van der Waals surface area contributed by atoms with Crippen LogP contribution in [0.4, 0.5) is 0 Å². The van der Waals surface area contributed by atoms with Crippen molar-refractivity contribution in [1.82, 2.24) is 14.7 Å². The third kappa shape index (κ3) is 3.89. The lowest BCUT2D eigenvalue weighted by atomic mass is 10.1. The number of fused-ring (bicyclic) bond motifs is 2. The first-order chi connectivity index (χ1) is 16.4. The molecule has 7 nitrogen and oxygen atoms in total. The molecule has 0 atom stereocenters. The van der Waals surface area contributed by atoms with Crippen LogP contribution in [0.5, 0.6) is 0 Å². The van der Waals surface area contributed by atoms with Crippen molar-refractivity contribution in [3.05, 3.63) is 106 Å². The zero-order chi connectivity index (χ0) is 23.8. The van der Waals surface area contributed by atoms with Gasteiger partial charge in [-0.3, -0.25) is 33.9 Å². The Morgan fingerprint density at radius 3 is 1.35 bits per heavy atom. The summed E-state index contributed by atoms with van der Waals surface area (Å²) in [5.74, 6) is -1.56. The Labute approximate surface area is 201 Å². The van der Waals surface area contributed by atoms with E-state index in [1.165, 1.54) is 0 Å². The molecule has 0 aromatic heterocycles. The highest BCUT2D eigenvalue weighted by molar-refractivity contribution is 6.30. The molecule has 2 aliphatic rings. The molecule has 2 aliphatic heterocycles. The molecule has 0 aliphatic carbocycles. The van der Waals surface area contributed by atoms with Crippen LogP contribution in [0.3, 0.4) is 0 Å². The topological polar surface area (TPSA) is 78.0 Å². The van der Waals surface area contributed by atoms with Crippen molar-refractivity contribution in [3.8, 4) is 0 Å². The third-order valence-electron chi connectivity index (χ3n) is 6.07. The fraction of sp³-hybridized carbons (Fsp3) is 0.154. The Hall–Kier alpha value is -3.81. The largest absolute Gasteiger partial charge is 0.269 e. The average molecular weight is 474 g/mol. The van der Waals surface area contributed by atoms with Crippen molar-refractivity contribution in [3.63, 3.8) is 0 Å². The minimum absolute atomic E-state index is 0.0483. The van der Waals surface area contributed by atoms with Gasteiger partial charge in [-0.25, -0.2) is 0 Å². The van der Waals surface area contributed by atoms with Gasteiger partial charge in [0.05, 0.1) is 35.6 Å². The van der Waals surface area contributed by atoms with E-state index in [0.29, 0.717) is 40.2 Å². The Kier molecular flexibility index (Phi) is 5.73. The third-order valence-corrected chi connectivity index (χ3v) is 6.32. The zero-order valence-corrected chi connectivity index (χ0v) is 18.9. The van der Waals surface area contributed by atoms with E-state index in [0.717, 1.165) is 15.4 Å². The summed E-state index contributed by atoms with van der Waals surface area (Å²) in [6.07, 6.45) is 0.573. The average Bonchev–Trinajstić information content (AvgIpc) is 3.24. The first-order valence-electron chi connectivity index (χ1n) is 10.8. The maximum Gasteiger partial charge on any atom is 0.262 e. The number of carbonyl (C=O) groups excluding carboxylic acids is 4. The van der Waals surface area contributed by atoms with Crippen molar-refractivity contribution in [2.24, 2.45) is 0 Å². The highest BCUT2D eigenvalue weighted by Gasteiger charge is 2.39. The summed E-state index contributed by atoms with van der Waals surface area (Å²) in [5, 5.41) is 0.623. The summed E-state index contributed by atoms with van der Waals surface area (Å²) in [6, 6.07) is 20.7. The predicted octanol–water partition coefficient (Wildman–Crippen LogP) is 3.69. The van der Waals surface area contributed by atoms with Crippen LogP contribution in [-0.2, 0) is 6.42 Å². The van der Waals surface area contributed by atoms with Crippen LogP contribution in [0.1, 0.15) is 47.0 Å². The zero-order valence-electron chi connectivity index (χ0n) is 18.1. The van der Waals surface area contributed by atoms with E-state index < -0.39 is 0 Å². The highest BCUT2D eigenvalue weighted by Crippen LogP contribution is 2.25. The van der Waals surface area contributed by atoms with Gasteiger partial charge in [0.2, 0.25) is 0 Å². The van der Waals surface area contributed by atoms with Gasteiger partial charge in [0, 0.05) is 11.6 Å². The summed E-state index contributed by atoms with van der Waals surface area (Å²) in [6.45, 7) is 0.309. The summed E-state index contributed by atoms with van der Waals surface area (Å²) in [4.78, 5) is 55.7. The fourth-order valence-electron chi connectivity index (χ4n) is 4.26. The van der Waals surface area contributed by atoms with E-state index in [1.807, 2.05) is 12.1 Å². The molecule has 5 rings (SSSR count). The summed E-state index contributed by atoms with van der Waals surface area (Å²) < 4.78 is 0. The molecule has 0 saturated carbocycles. The SMILES string of the molecule is O=C1c2ccccc2C(=O)N1CN(CCc1ccc(Cl)cc1)CN1C(=O)c2ccccc2C1=O. The van der Waals surface area contributed by atoms with Gasteiger partial charge in [-0.15, -0.1) is 0 Å². The van der Waals surface area contributed by atoms with Gasteiger partial charge in [0.15, 0.2) is 0 Å². The quantitative estimate of drug-likeness (QED) is 0.489. The lowest BCUT2D eigenvalue weighted by Gasteiger charge is -2.29. The molecule has 0 unspecified atom stereocenters. The fourth-order valence-corrected chi connectivity index (χ4v) is 4.39. The first kappa shape index (κ1) is 22.0. The molecule has 8 heteroatoms. The molecule has 4 amide bonds. The van der Waals surface area contributed by atoms with E-state index in [2.05, 4.69) is 0 Å². The minimum Gasteiger partial charge on any atom is -0.269 e. The minimum atomic E-state index is -0.389. The molecule has 0 fully saturated rings. The van der Waals surface area contributed by atoms with Gasteiger partial charge in [-0.05, 0) is 48.4 Å². The summed E-state index contributed by atoms with van der Waals surface area (Å²) in [5.41, 5.74) is 2.41. The van der Waals surface area contributed by atoms with Gasteiger partial charge < -0.3 is 0 Å². The molecular weight excluding hydrogens is 454 g/mol. The van der Waals surface area contributed by atoms with E-state index >= 15 is 0 Å². The number of benzene rings is 3. The van der Waals surface area contributed by atoms with E-state index in [9.17, 15) is 19.2 Å². The van der Waals surface area contributed by atoms with Crippen molar-refractivity contribution >= 4 is 35.2 Å². The van der Waals surface area contributed by atoms with Crippen molar-refractivity contribution < 1.29 is 19.2 Å². The molecule has 0 bridgehead atoms. The Morgan fingerprint density at radius 2 is 0.971 bits per heavy atom. The molecule has 0 N–H and O–H groups in total. The molecule has 0 spiro atoms. The van der Waals surface area contributed by atoms with Gasteiger partial charge in [-0.2, -0.15) is 0 Å². The van der Waals surface area contributed by atoms with Crippen LogP contribution in [0.2, 0.25) is 5.02 Å². The van der Waals surface area contributed by atoms with Crippen LogP contribution in [0.25, 0.3) is 0 Å². The van der Waals surface area contributed by atoms with Crippen molar-refractivity contribution in [2.75, 3.05) is 19.9 Å². The number of nitrogens with zero attached hydrogens (tertiary/aromatic N) is 3. The Bertz CT molecular complexity index is 1170. The Balaban J connectivity index is 1.38. The summed E-state index contributed by atoms with van der Waals surface area (Å²) in [7, 11) is 0.